The van der Waals surface area contributed by atoms with E-state index in [1.165, 1.54) is 19.0 Å². The average molecular weight is 277 g/mol. The molecule has 1 aromatic carbocycles. The maximum absolute atomic E-state index is 13.7. The largest absolute Gasteiger partial charge is 0.372 e. The highest BCUT2D eigenvalue weighted by Gasteiger charge is 2.25. The number of rotatable bonds is 4. The van der Waals surface area contributed by atoms with Crippen molar-refractivity contribution in [3.05, 3.63) is 28.1 Å². The van der Waals surface area contributed by atoms with Crippen molar-refractivity contribution < 1.29 is 17.7 Å². The van der Waals surface area contributed by atoms with Crippen molar-refractivity contribution in [2.24, 2.45) is 0 Å². The van der Waals surface area contributed by atoms with Crippen LogP contribution in [0.1, 0.15) is 0 Å². The number of nitrogens with one attached hydrogen (secondary N) is 1. The molecule has 0 saturated heterocycles. The van der Waals surface area contributed by atoms with Crippen molar-refractivity contribution in [3.8, 4) is 0 Å². The Morgan fingerprint density at radius 2 is 1.94 bits per heavy atom. The standard InChI is InChI=1S/C9H12FN3O4S/c1-11-18(16,17)9-5-8(13(14)15)7(12(2)3)4-6(9)10/h4-5,11H,1-3H3. The summed E-state index contributed by atoms with van der Waals surface area (Å²) in [4.78, 5) is 10.7. The van der Waals surface area contributed by atoms with Crippen molar-refractivity contribution in [2.45, 2.75) is 4.90 Å². The minimum absolute atomic E-state index is 0.00690. The van der Waals surface area contributed by atoms with Crippen LogP contribution in [-0.2, 0) is 10.0 Å². The Hall–Kier alpha value is -1.74. The number of hydrogen-bond donors (Lipinski definition) is 1. The van der Waals surface area contributed by atoms with Crippen LogP contribution in [0.25, 0.3) is 0 Å². The van der Waals surface area contributed by atoms with E-state index in [-0.39, 0.29) is 5.69 Å². The summed E-state index contributed by atoms with van der Waals surface area (Å²) in [5.74, 6) is -1.04. The first-order chi connectivity index (χ1) is 8.20. The third-order valence-corrected chi connectivity index (χ3v) is 3.70. The molecule has 100 valence electrons. The SMILES string of the molecule is CNS(=O)(=O)c1cc([N+](=O)[O-])c(N(C)C)cc1F. The van der Waals surface area contributed by atoms with Crippen molar-refractivity contribution >= 4 is 21.4 Å². The Bertz CT molecular complexity index is 586. The Morgan fingerprint density at radius 1 is 1.39 bits per heavy atom. The van der Waals surface area contributed by atoms with Gasteiger partial charge in [0.2, 0.25) is 10.0 Å². The minimum atomic E-state index is -4.08. The molecule has 7 nitrogen and oxygen atoms in total. The normalized spacial score (nSPS) is 11.3. The first-order valence-corrected chi connectivity index (χ1v) is 6.28. The van der Waals surface area contributed by atoms with Gasteiger partial charge in [0, 0.05) is 26.2 Å². The number of hydrogen-bond acceptors (Lipinski definition) is 5. The van der Waals surface area contributed by atoms with Gasteiger partial charge in [-0.2, -0.15) is 0 Å². The molecule has 0 saturated carbocycles. The smallest absolute Gasteiger partial charge is 0.294 e. The van der Waals surface area contributed by atoms with Crippen molar-refractivity contribution in [3.63, 3.8) is 0 Å². The first-order valence-electron chi connectivity index (χ1n) is 4.79. The van der Waals surface area contributed by atoms with Gasteiger partial charge < -0.3 is 4.90 Å². The summed E-state index contributed by atoms with van der Waals surface area (Å²) in [6, 6.07) is 1.53. The van der Waals surface area contributed by atoms with Gasteiger partial charge >= 0.3 is 0 Å². The van der Waals surface area contributed by atoms with Crippen LogP contribution in [-0.4, -0.2) is 34.5 Å². The molecule has 0 aromatic heterocycles. The summed E-state index contributed by atoms with van der Waals surface area (Å²) in [5, 5.41) is 10.8. The van der Waals surface area contributed by atoms with Gasteiger partial charge in [-0.25, -0.2) is 17.5 Å². The van der Waals surface area contributed by atoms with Gasteiger partial charge in [-0.3, -0.25) is 10.1 Å². The second-order valence-corrected chi connectivity index (χ2v) is 5.49. The molecule has 0 fully saturated rings. The molecule has 18 heavy (non-hydrogen) atoms. The molecule has 1 N–H and O–H groups in total. The zero-order valence-corrected chi connectivity index (χ0v) is 10.8. The minimum Gasteiger partial charge on any atom is -0.372 e. The van der Waals surface area contributed by atoms with Crippen LogP contribution in [0.3, 0.4) is 0 Å². The van der Waals surface area contributed by atoms with E-state index in [2.05, 4.69) is 0 Å². The molecule has 0 atom stereocenters. The topological polar surface area (TPSA) is 92.5 Å². The molecule has 0 aliphatic carbocycles. The number of nitrogens with zero attached hydrogens (tertiary/aromatic N) is 2. The fourth-order valence-electron chi connectivity index (χ4n) is 1.35. The highest BCUT2D eigenvalue weighted by molar-refractivity contribution is 7.89. The highest BCUT2D eigenvalue weighted by atomic mass is 32.2. The molecule has 0 bridgehead atoms. The van der Waals surface area contributed by atoms with Crippen LogP contribution in [0.2, 0.25) is 0 Å². The lowest BCUT2D eigenvalue weighted by Gasteiger charge is -2.14. The summed E-state index contributed by atoms with van der Waals surface area (Å²) in [6.07, 6.45) is 0. The molecule has 0 radical (unpaired) electrons. The van der Waals surface area contributed by atoms with Gasteiger partial charge in [-0.1, -0.05) is 0 Å². The third-order valence-electron chi connectivity index (χ3n) is 2.27. The Balaban J connectivity index is 3.61. The Labute approximate surface area is 103 Å². The van der Waals surface area contributed by atoms with Crippen LogP contribution in [0.15, 0.2) is 17.0 Å². The van der Waals surface area contributed by atoms with Gasteiger partial charge in [-0.05, 0) is 7.05 Å². The maximum Gasteiger partial charge on any atom is 0.294 e. The predicted molar refractivity (Wildman–Crippen MR) is 63.6 cm³/mol. The molecule has 0 spiro atoms. The Kier molecular flexibility index (Phi) is 3.87. The zero-order valence-electron chi connectivity index (χ0n) is 9.97. The molecule has 0 aliphatic heterocycles. The fourth-order valence-corrected chi connectivity index (χ4v) is 2.15. The monoisotopic (exact) mass is 277 g/mol. The second kappa shape index (κ2) is 4.86. The lowest BCUT2D eigenvalue weighted by atomic mass is 10.2. The summed E-state index contributed by atoms with van der Waals surface area (Å²) in [7, 11) is 0.0105. The van der Waals surface area contributed by atoms with Crippen molar-refractivity contribution in [1.29, 1.82) is 0 Å². The summed E-state index contributed by atoms with van der Waals surface area (Å²) >= 11 is 0. The number of halogens is 1. The molecule has 1 aromatic rings. The van der Waals surface area contributed by atoms with Crippen LogP contribution < -0.4 is 9.62 Å². The number of nitro benzene ring substituents is 1. The van der Waals surface area contributed by atoms with E-state index in [1.807, 2.05) is 4.72 Å². The van der Waals surface area contributed by atoms with Crippen LogP contribution in [0.4, 0.5) is 15.8 Å². The highest BCUT2D eigenvalue weighted by Crippen LogP contribution is 2.31. The van der Waals surface area contributed by atoms with Crippen molar-refractivity contribution in [2.75, 3.05) is 26.0 Å². The van der Waals surface area contributed by atoms with E-state index in [0.29, 0.717) is 6.07 Å². The van der Waals surface area contributed by atoms with Crippen LogP contribution >= 0.6 is 0 Å². The first kappa shape index (κ1) is 14.3. The summed E-state index contributed by atoms with van der Waals surface area (Å²) in [6.45, 7) is 0. The predicted octanol–water partition coefficient (Wildman–Crippen LogP) is 0.708. The van der Waals surface area contributed by atoms with Crippen molar-refractivity contribution in [1.82, 2.24) is 4.72 Å². The quantitative estimate of drug-likeness (QED) is 0.646. The maximum atomic E-state index is 13.7. The van der Waals surface area contributed by atoms with E-state index in [4.69, 9.17) is 0 Å². The molecule has 0 heterocycles. The molecule has 0 aliphatic rings. The molecule has 0 unspecified atom stereocenters. The van der Waals surface area contributed by atoms with E-state index in [9.17, 15) is 22.9 Å². The average Bonchev–Trinajstić information content (AvgIpc) is 2.27. The fraction of sp³-hybridized carbons (Fsp3) is 0.333. The van der Waals surface area contributed by atoms with Gasteiger partial charge in [0.25, 0.3) is 5.69 Å². The van der Waals surface area contributed by atoms with Gasteiger partial charge in [0.05, 0.1) is 4.92 Å². The van der Waals surface area contributed by atoms with Crippen LogP contribution in [0.5, 0.6) is 0 Å². The lowest BCUT2D eigenvalue weighted by molar-refractivity contribution is -0.384. The van der Waals surface area contributed by atoms with E-state index < -0.39 is 31.3 Å². The van der Waals surface area contributed by atoms with E-state index in [1.54, 1.807) is 0 Å². The molecule has 9 heteroatoms. The molecular weight excluding hydrogens is 265 g/mol. The number of anilines is 1. The summed E-state index contributed by atoms with van der Waals surface area (Å²) in [5.41, 5.74) is -0.484. The van der Waals surface area contributed by atoms with Gasteiger partial charge in [0.1, 0.15) is 16.4 Å². The number of sulfonamides is 1. The second-order valence-electron chi connectivity index (χ2n) is 3.63. The van der Waals surface area contributed by atoms with Crippen LogP contribution in [0, 0.1) is 15.9 Å². The number of benzene rings is 1. The van der Waals surface area contributed by atoms with Gasteiger partial charge in [0.15, 0.2) is 0 Å². The van der Waals surface area contributed by atoms with Gasteiger partial charge in [-0.15, -0.1) is 0 Å². The Morgan fingerprint density at radius 3 is 2.33 bits per heavy atom. The molecule has 0 amide bonds. The molecular formula is C9H12FN3O4S. The zero-order chi connectivity index (χ0) is 14.1. The number of nitro groups is 1. The summed E-state index contributed by atoms with van der Waals surface area (Å²) < 4.78 is 38.6. The van der Waals surface area contributed by atoms with E-state index >= 15 is 0 Å². The third kappa shape index (κ3) is 2.57. The lowest BCUT2D eigenvalue weighted by Crippen LogP contribution is -2.21. The molecule has 1 rings (SSSR count). The van der Waals surface area contributed by atoms with E-state index in [0.717, 1.165) is 13.1 Å².